The summed E-state index contributed by atoms with van der Waals surface area (Å²) in [6.07, 6.45) is 13.5. The molecule has 0 aromatic carbocycles. The van der Waals surface area contributed by atoms with E-state index < -0.39 is 0 Å². The Balaban J connectivity index is 1.06. The van der Waals surface area contributed by atoms with Crippen molar-refractivity contribution in [2.24, 2.45) is 11.1 Å². The number of likely N-dealkylation sites (tertiary alicyclic amines) is 1. The number of pyridine rings is 1. The molecule has 9 heteroatoms. The van der Waals surface area contributed by atoms with Gasteiger partial charge in [-0.1, -0.05) is 11.2 Å². The van der Waals surface area contributed by atoms with Gasteiger partial charge in [0.1, 0.15) is 0 Å². The van der Waals surface area contributed by atoms with Crippen molar-refractivity contribution in [3.63, 3.8) is 0 Å². The van der Waals surface area contributed by atoms with Gasteiger partial charge in [0, 0.05) is 75.4 Å². The van der Waals surface area contributed by atoms with Crippen LogP contribution in [0.25, 0.3) is 0 Å². The summed E-state index contributed by atoms with van der Waals surface area (Å²) < 4.78 is 5.43. The summed E-state index contributed by atoms with van der Waals surface area (Å²) in [6, 6.07) is 4.08. The third kappa shape index (κ3) is 5.26. The molecule has 2 saturated heterocycles. The fourth-order valence-electron chi connectivity index (χ4n) is 5.27. The van der Waals surface area contributed by atoms with E-state index in [1.165, 1.54) is 18.4 Å². The zero-order chi connectivity index (χ0) is 23.3. The van der Waals surface area contributed by atoms with Gasteiger partial charge in [0.2, 0.25) is 11.8 Å². The third-order valence-corrected chi connectivity index (χ3v) is 7.13. The van der Waals surface area contributed by atoms with Gasteiger partial charge in [-0.05, 0) is 43.9 Å². The number of hydrazine groups is 1. The molecule has 0 radical (unpaired) electrons. The Morgan fingerprint density at radius 2 is 2.12 bits per heavy atom. The van der Waals surface area contributed by atoms with Gasteiger partial charge in [-0.15, -0.1) is 0 Å². The average Bonchev–Trinajstić information content (AvgIpc) is 3.36. The van der Waals surface area contributed by atoms with Crippen LogP contribution >= 0.6 is 0 Å². The van der Waals surface area contributed by atoms with Crippen LogP contribution in [0, 0.1) is 5.92 Å². The Hall–Kier alpha value is -2.91. The van der Waals surface area contributed by atoms with Crippen LogP contribution < -0.4 is 4.74 Å². The van der Waals surface area contributed by atoms with Gasteiger partial charge in [-0.2, -0.15) is 0 Å². The van der Waals surface area contributed by atoms with E-state index in [1.807, 2.05) is 23.2 Å². The van der Waals surface area contributed by atoms with Gasteiger partial charge in [0.05, 0.1) is 13.3 Å². The Morgan fingerprint density at radius 3 is 2.97 bits per heavy atom. The minimum Gasteiger partial charge on any atom is -0.481 e. The van der Waals surface area contributed by atoms with Gasteiger partial charge in [0.25, 0.3) is 0 Å². The van der Waals surface area contributed by atoms with E-state index in [0.717, 1.165) is 63.7 Å². The molecule has 5 heterocycles. The lowest BCUT2D eigenvalue weighted by Crippen LogP contribution is -2.53. The largest absolute Gasteiger partial charge is 0.481 e. The number of rotatable bonds is 7. The number of piperidine rings is 1. The molecular weight excluding hydrogens is 432 g/mol. The zero-order valence-corrected chi connectivity index (χ0v) is 19.9. The number of ether oxygens (including phenoxy) is 1. The monoisotopic (exact) mass is 466 g/mol. The highest BCUT2D eigenvalue weighted by Crippen LogP contribution is 2.25. The number of amides is 1. The first-order valence-electron chi connectivity index (χ1n) is 12.3. The molecule has 0 N–H and O–H groups in total. The van der Waals surface area contributed by atoms with Crippen molar-refractivity contribution in [1.82, 2.24) is 24.8 Å². The second kappa shape index (κ2) is 10.6. The van der Waals surface area contributed by atoms with Crippen molar-refractivity contribution in [3.05, 3.63) is 47.9 Å². The third-order valence-electron chi connectivity index (χ3n) is 7.13. The molecule has 34 heavy (non-hydrogen) atoms. The van der Waals surface area contributed by atoms with E-state index in [4.69, 9.17) is 9.57 Å². The molecular formula is C25H34N6O3. The van der Waals surface area contributed by atoms with Crippen LogP contribution in [0.3, 0.4) is 0 Å². The van der Waals surface area contributed by atoms with Gasteiger partial charge in [-0.25, -0.2) is 9.99 Å². The second-order valence-electron chi connectivity index (χ2n) is 9.38. The van der Waals surface area contributed by atoms with Crippen LogP contribution in [0.2, 0.25) is 0 Å². The predicted molar refractivity (Wildman–Crippen MR) is 129 cm³/mol. The lowest BCUT2D eigenvalue weighted by Gasteiger charge is -2.40. The van der Waals surface area contributed by atoms with E-state index in [-0.39, 0.29) is 12.0 Å². The van der Waals surface area contributed by atoms with Crippen LogP contribution in [0.15, 0.2) is 47.5 Å². The Labute approximate surface area is 201 Å². The average molecular weight is 467 g/mol. The van der Waals surface area contributed by atoms with E-state index >= 15 is 0 Å². The number of carbonyl (C=O) groups is 1. The summed E-state index contributed by atoms with van der Waals surface area (Å²) in [5.41, 5.74) is 2.23. The minimum atomic E-state index is -0.0557. The molecule has 5 rings (SSSR count). The van der Waals surface area contributed by atoms with E-state index in [2.05, 4.69) is 37.3 Å². The first-order chi connectivity index (χ1) is 16.7. The first-order valence-corrected chi connectivity index (χ1v) is 12.3. The van der Waals surface area contributed by atoms with E-state index in [1.54, 1.807) is 19.5 Å². The van der Waals surface area contributed by atoms with Crippen LogP contribution in [0.1, 0.15) is 24.8 Å². The Kier molecular flexibility index (Phi) is 7.10. The van der Waals surface area contributed by atoms with Crippen molar-refractivity contribution in [1.29, 1.82) is 0 Å². The molecule has 2 fully saturated rings. The number of oxime groups is 1. The first kappa shape index (κ1) is 22.9. The summed E-state index contributed by atoms with van der Waals surface area (Å²) in [7, 11) is 1.68. The molecule has 1 amide bonds. The standard InChI is InChI=1S/C25H34N6O3/c1-33-25-21(5-2-8-26-25)16-20-4-3-9-28(18-20)10-7-24(32)29-12-14-30(15-13-29)31-11-6-23-22(19-31)17-27-34-23/h2,5-6,8,11,17,19-20,23H,3-4,7,9-10,12-16,18H2,1H3. The molecule has 9 nitrogen and oxygen atoms in total. The molecule has 2 unspecified atom stereocenters. The number of carbonyl (C=O) groups excluding carboxylic acids is 1. The van der Waals surface area contributed by atoms with Gasteiger partial charge < -0.3 is 19.4 Å². The topological polar surface area (TPSA) is 73.7 Å². The number of hydrogen-bond donors (Lipinski definition) is 0. The fraction of sp³-hybridized carbons (Fsp3) is 0.560. The Morgan fingerprint density at radius 1 is 1.24 bits per heavy atom. The van der Waals surface area contributed by atoms with Crippen molar-refractivity contribution < 1.29 is 14.4 Å². The number of nitrogens with zero attached hydrogens (tertiary/aromatic N) is 6. The maximum Gasteiger partial charge on any atom is 0.223 e. The molecule has 0 saturated carbocycles. The smallest absolute Gasteiger partial charge is 0.223 e. The molecule has 2 atom stereocenters. The van der Waals surface area contributed by atoms with Gasteiger partial charge >= 0.3 is 0 Å². The number of methoxy groups -OCH3 is 1. The lowest BCUT2D eigenvalue weighted by atomic mass is 9.91. The van der Waals surface area contributed by atoms with Crippen LogP contribution in [0.4, 0.5) is 0 Å². The number of hydrogen-bond acceptors (Lipinski definition) is 8. The van der Waals surface area contributed by atoms with Crippen molar-refractivity contribution >= 4 is 12.1 Å². The zero-order valence-electron chi connectivity index (χ0n) is 19.9. The summed E-state index contributed by atoms with van der Waals surface area (Å²) in [5, 5.41) is 8.24. The second-order valence-corrected chi connectivity index (χ2v) is 9.38. The molecule has 1 aromatic rings. The van der Waals surface area contributed by atoms with Gasteiger partial charge in [-0.3, -0.25) is 9.80 Å². The van der Waals surface area contributed by atoms with Gasteiger partial charge in [0.15, 0.2) is 6.10 Å². The minimum absolute atomic E-state index is 0.0557. The fourth-order valence-corrected chi connectivity index (χ4v) is 5.27. The predicted octanol–water partition coefficient (Wildman–Crippen LogP) is 1.89. The molecule has 0 spiro atoms. The number of piperazine rings is 1. The van der Waals surface area contributed by atoms with Crippen molar-refractivity contribution in [2.75, 3.05) is 52.9 Å². The normalized spacial score (nSPS) is 25.1. The summed E-state index contributed by atoms with van der Waals surface area (Å²) >= 11 is 0. The Bertz CT molecular complexity index is 956. The van der Waals surface area contributed by atoms with Crippen LogP contribution in [0.5, 0.6) is 5.88 Å². The summed E-state index contributed by atoms with van der Waals surface area (Å²) in [6.45, 7) is 6.09. The lowest BCUT2D eigenvalue weighted by molar-refractivity contribution is -0.135. The van der Waals surface area contributed by atoms with Crippen molar-refractivity contribution in [3.8, 4) is 5.88 Å². The molecule has 4 aliphatic heterocycles. The SMILES string of the molecule is COc1ncccc1CC1CCCN(CCC(=O)N2CCN(N3C=CC4ON=CC4=C3)CC2)C1. The van der Waals surface area contributed by atoms with E-state index in [9.17, 15) is 4.79 Å². The molecule has 0 bridgehead atoms. The summed E-state index contributed by atoms with van der Waals surface area (Å²) in [5.74, 6) is 1.57. The maximum absolute atomic E-state index is 12.9. The van der Waals surface area contributed by atoms with Crippen LogP contribution in [-0.4, -0.2) is 96.0 Å². The van der Waals surface area contributed by atoms with Crippen LogP contribution in [-0.2, 0) is 16.1 Å². The van der Waals surface area contributed by atoms with Crippen molar-refractivity contribution in [2.45, 2.75) is 31.8 Å². The molecule has 1 aromatic heterocycles. The molecule has 4 aliphatic rings. The molecule has 0 aliphatic carbocycles. The quantitative estimate of drug-likeness (QED) is 0.608. The summed E-state index contributed by atoms with van der Waals surface area (Å²) in [4.78, 5) is 27.0. The highest BCUT2D eigenvalue weighted by Gasteiger charge is 2.28. The highest BCUT2D eigenvalue weighted by molar-refractivity contribution is 5.82. The highest BCUT2D eigenvalue weighted by atomic mass is 16.6. The number of fused-ring (bicyclic) bond motifs is 1. The molecule has 182 valence electrons. The number of aromatic nitrogens is 1. The maximum atomic E-state index is 12.9. The van der Waals surface area contributed by atoms with E-state index in [0.29, 0.717) is 12.3 Å².